The number of hydrogen-bond donors (Lipinski definition) is 1. The third-order valence-electron chi connectivity index (χ3n) is 5.31. The first-order valence-corrected chi connectivity index (χ1v) is 9.76. The molecule has 6 heteroatoms. The van der Waals surface area contributed by atoms with Crippen LogP contribution in [0.25, 0.3) is 0 Å². The van der Waals surface area contributed by atoms with Gasteiger partial charge in [0.15, 0.2) is 0 Å². The zero-order valence-corrected chi connectivity index (χ0v) is 15.7. The number of nitrogens with one attached hydrogen (secondary N) is 1. The number of hydrogen-bond acceptors (Lipinski definition) is 5. The fourth-order valence-electron chi connectivity index (χ4n) is 3.91. The van der Waals surface area contributed by atoms with Crippen LogP contribution in [0.15, 0.2) is 36.5 Å². The van der Waals surface area contributed by atoms with Crippen molar-refractivity contribution in [3.05, 3.63) is 47.8 Å². The van der Waals surface area contributed by atoms with Crippen molar-refractivity contribution in [3.63, 3.8) is 0 Å². The normalized spacial score (nSPS) is 22.6. The number of aryl methyl sites for hydroxylation is 1. The van der Waals surface area contributed by atoms with E-state index in [-0.39, 0.29) is 17.9 Å². The minimum Gasteiger partial charge on any atom is -0.368 e. The molecule has 1 N–H and O–H groups in total. The Balaban J connectivity index is 1.45. The van der Waals surface area contributed by atoms with Gasteiger partial charge in [-0.25, -0.2) is 9.97 Å². The lowest BCUT2D eigenvalue weighted by atomic mass is 9.94. The molecule has 2 atom stereocenters. The lowest BCUT2D eigenvalue weighted by Gasteiger charge is -2.33. The van der Waals surface area contributed by atoms with Crippen molar-refractivity contribution in [2.24, 2.45) is 0 Å². The van der Waals surface area contributed by atoms with Crippen LogP contribution >= 0.6 is 0 Å². The number of aromatic nitrogens is 2. The smallest absolute Gasteiger partial charge is 0.251 e. The summed E-state index contributed by atoms with van der Waals surface area (Å²) in [6.07, 6.45) is 5.41. The van der Waals surface area contributed by atoms with E-state index in [0.717, 1.165) is 43.6 Å². The molecular weight excluding hydrogens is 340 g/mol. The molecule has 6 nitrogen and oxygen atoms in total. The van der Waals surface area contributed by atoms with Crippen LogP contribution < -0.4 is 5.32 Å². The average Bonchev–Trinajstić information content (AvgIpc) is 3.23. The molecule has 0 spiro atoms. The highest BCUT2D eigenvalue weighted by Gasteiger charge is 2.32. The third kappa shape index (κ3) is 4.27. The molecule has 27 heavy (non-hydrogen) atoms. The van der Waals surface area contributed by atoms with Gasteiger partial charge in [-0.15, -0.1) is 0 Å². The van der Waals surface area contributed by atoms with Gasteiger partial charge in [-0.05, 0) is 56.4 Å². The summed E-state index contributed by atoms with van der Waals surface area (Å²) >= 11 is 0. The molecule has 4 rings (SSSR count). The highest BCUT2D eigenvalue weighted by Crippen LogP contribution is 2.28. The van der Waals surface area contributed by atoms with Crippen molar-refractivity contribution >= 4 is 17.5 Å². The van der Waals surface area contributed by atoms with Crippen molar-refractivity contribution in [1.82, 2.24) is 14.9 Å². The summed E-state index contributed by atoms with van der Waals surface area (Å²) in [6, 6.07) is 10.1. The number of nitrogens with zero attached hydrogens (tertiary/aromatic N) is 3. The number of ether oxygens (including phenoxy) is 1. The van der Waals surface area contributed by atoms with E-state index in [1.165, 1.54) is 5.56 Å². The molecule has 2 aliphatic rings. The van der Waals surface area contributed by atoms with Crippen LogP contribution in [0.5, 0.6) is 0 Å². The second kappa shape index (κ2) is 8.05. The number of anilines is 2. The molecule has 1 aromatic heterocycles. The van der Waals surface area contributed by atoms with Gasteiger partial charge in [0.25, 0.3) is 5.91 Å². The fourth-order valence-corrected chi connectivity index (χ4v) is 3.91. The maximum atomic E-state index is 12.7. The Morgan fingerprint density at radius 2 is 2.19 bits per heavy atom. The van der Waals surface area contributed by atoms with E-state index < -0.39 is 0 Å². The molecular formula is C21H26N4O2. The van der Waals surface area contributed by atoms with Crippen molar-refractivity contribution in [2.45, 2.75) is 44.6 Å². The summed E-state index contributed by atoms with van der Waals surface area (Å²) in [5, 5.41) is 3.28. The number of carbonyl (C=O) groups is 1. The largest absolute Gasteiger partial charge is 0.368 e. The molecule has 3 heterocycles. The Morgan fingerprint density at radius 3 is 3.00 bits per heavy atom. The Labute approximate surface area is 160 Å². The van der Waals surface area contributed by atoms with Crippen LogP contribution in [-0.4, -0.2) is 46.6 Å². The maximum Gasteiger partial charge on any atom is 0.251 e. The Morgan fingerprint density at radius 1 is 1.26 bits per heavy atom. The molecule has 0 unspecified atom stereocenters. The van der Waals surface area contributed by atoms with Crippen molar-refractivity contribution in [2.75, 3.05) is 25.0 Å². The first kappa shape index (κ1) is 17.9. The molecule has 142 valence electrons. The van der Waals surface area contributed by atoms with Gasteiger partial charge in [-0.2, -0.15) is 0 Å². The molecule has 0 radical (unpaired) electrons. The van der Waals surface area contributed by atoms with Crippen LogP contribution in [-0.2, 0) is 9.53 Å². The monoisotopic (exact) mass is 366 g/mol. The van der Waals surface area contributed by atoms with Gasteiger partial charge in [0.1, 0.15) is 6.10 Å². The Kier molecular flexibility index (Phi) is 5.34. The highest BCUT2D eigenvalue weighted by atomic mass is 16.5. The van der Waals surface area contributed by atoms with Gasteiger partial charge >= 0.3 is 0 Å². The first-order chi connectivity index (χ1) is 13.2. The molecule has 1 aromatic carbocycles. The molecule has 2 aliphatic heterocycles. The summed E-state index contributed by atoms with van der Waals surface area (Å²) in [5.74, 6) is 0.982. The topological polar surface area (TPSA) is 67.4 Å². The average molecular weight is 366 g/mol. The van der Waals surface area contributed by atoms with E-state index in [1.807, 2.05) is 23.1 Å². The second-order valence-corrected chi connectivity index (χ2v) is 7.42. The van der Waals surface area contributed by atoms with Crippen LogP contribution in [0.4, 0.5) is 11.6 Å². The summed E-state index contributed by atoms with van der Waals surface area (Å²) in [7, 11) is 0. The highest BCUT2D eigenvalue weighted by molar-refractivity contribution is 5.81. The van der Waals surface area contributed by atoms with Gasteiger partial charge in [0.05, 0.1) is 5.69 Å². The zero-order valence-electron chi connectivity index (χ0n) is 15.7. The molecule has 0 aliphatic carbocycles. The SMILES string of the molecule is Cc1cccc(Nc2nccc([C@@H]3CCCN(C(=O)[C@H]4CCCO4)C3)n2)c1. The van der Waals surface area contributed by atoms with Crippen LogP contribution in [0.2, 0.25) is 0 Å². The fraction of sp³-hybridized carbons (Fsp3) is 0.476. The Bertz CT molecular complexity index is 804. The van der Waals surface area contributed by atoms with E-state index in [4.69, 9.17) is 9.72 Å². The third-order valence-corrected chi connectivity index (χ3v) is 5.31. The zero-order chi connectivity index (χ0) is 18.6. The lowest BCUT2D eigenvalue weighted by molar-refractivity contribution is -0.142. The van der Waals surface area contributed by atoms with E-state index in [1.54, 1.807) is 6.20 Å². The summed E-state index contributed by atoms with van der Waals surface area (Å²) in [5.41, 5.74) is 3.16. The Hall–Kier alpha value is -2.47. The van der Waals surface area contributed by atoms with E-state index in [2.05, 4.69) is 29.4 Å². The number of benzene rings is 1. The molecule has 1 amide bonds. The van der Waals surface area contributed by atoms with E-state index >= 15 is 0 Å². The van der Waals surface area contributed by atoms with Gasteiger partial charge in [-0.3, -0.25) is 4.79 Å². The number of amides is 1. The van der Waals surface area contributed by atoms with Gasteiger partial charge in [-0.1, -0.05) is 12.1 Å². The minimum absolute atomic E-state index is 0.143. The number of carbonyl (C=O) groups excluding carboxylic acids is 1. The second-order valence-electron chi connectivity index (χ2n) is 7.42. The lowest BCUT2D eigenvalue weighted by Crippen LogP contribution is -2.44. The molecule has 0 saturated carbocycles. The summed E-state index contributed by atoms with van der Waals surface area (Å²) in [4.78, 5) is 23.7. The predicted octanol–water partition coefficient (Wildman–Crippen LogP) is 3.41. The predicted molar refractivity (Wildman–Crippen MR) is 104 cm³/mol. The van der Waals surface area contributed by atoms with E-state index in [9.17, 15) is 4.79 Å². The summed E-state index contributed by atoms with van der Waals surface area (Å²) < 4.78 is 5.58. The number of rotatable bonds is 4. The minimum atomic E-state index is -0.243. The van der Waals surface area contributed by atoms with Crippen molar-refractivity contribution < 1.29 is 9.53 Å². The first-order valence-electron chi connectivity index (χ1n) is 9.76. The molecule has 0 bridgehead atoms. The number of likely N-dealkylation sites (tertiary alicyclic amines) is 1. The molecule has 2 saturated heterocycles. The van der Waals surface area contributed by atoms with E-state index in [0.29, 0.717) is 19.1 Å². The van der Waals surface area contributed by atoms with Crippen molar-refractivity contribution in [3.8, 4) is 0 Å². The van der Waals surface area contributed by atoms with Gasteiger partial charge < -0.3 is 15.0 Å². The van der Waals surface area contributed by atoms with Crippen LogP contribution in [0.1, 0.15) is 42.9 Å². The van der Waals surface area contributed by atoms with Gasteiger partial charge in [0, 0.05) is 37.5 Å². The maximum absolute atomic E-state index is 12.7. The van der Waals surface area contributed by atoms with Gasteiger partial charge in [0.2, 0.25) is 5.95 Å². The number of piperidine rings is 1. The molecule has 2 aromatic rings. The summed E-state index contributed by atoms with van der Waals surface area (Å²) in [6.45, 7) is 4.28. The van der Waals surface area contributed by atoms with Crippen molar-refractivity contribution in [1.29, 1.82) is 0 Å². The van der Waals surface area contributed by atoms with Crippen LogP contribution in [0.3, 0.4) is 0 Å². The van der Waals surface area contributed by atoms with Crippen LogP contribution in [0, 0.1) is 6.92 Å². The molecule has 2 fully saturated rings. The quantitative estimate of drug-likeness (QED) is 0.898. The standard InChI is InChI=1S/C21H26N4O2/c1-15-5-2-7-17(13-15)23-21-22-10-9-18(24-21)16-6-3-11-25(14-16)20(26)19-8-4-12-27-19/h2,5,7,9-10,13,16,19H,3-4,6,8,11-12,14H2,1H3,(H,22,23,24)/t16-,19-/m1/s1.